The van der Waals surface area contributed by atoms with Gasteiger partial charge in [0.1, 0.15) is 29.2 Å². The zero-order chi connectivity index (χ0) is 25.5. The van der Waals surface area contributed by atoms with Crippen molar-refractivity contribution in [2.24, 2.45) is 0 Å². The van der Waals surface area contributed by atoms with E-state index in [2.05, 4.69) is 22.3 Å². The Morgan fingerprint density at radius 2 is 1.56 bits per heavy atom. The molecule has 0 spiro atoms. The molecule has 3 aromatic carbocycles. The minimum atomic E-state index is -0.448. The second kappa shape index (κ2) is 11.7. The molecule has 0 unspecified atom stereocenters. The molecule has 0 aliphatic carbocycles. The molecular weight excluding hydrogens is 476 g/mol. The molecule has 0 radical (unpaired) electrons. The summed E-state index contributed by atoms with van der Waals surface area (Å²) >= 11 is 1.32. The molecule has 0 saturated heterocycles. The summed E-state index contributed by atoms with van der Waals surface area (Å²) in [6, 6.07) is 23.2. The van der Waals surface area contributed by atoms with Crippen LogP contribution >= 0.6 is 11.8 Å². The molecule has 4 rings (SSSR count). The van der Waals surface area contributed by atoms with E-state index in [0.717, 1.165) is 22.6 Å². The van der Waals surface area contributed by atoms with E-state index in [4.69, 9.17) is 9.47 Å². The van der Waals surface area contributed by atoms with Crippen molar-refractivity contribution in [3.8, 4) is 17.2 Å². The highest BCUT2D eigenvalue weighted by atomic mass is 32.2. The predicted molar refractivity (Wildman–Crippen MR) is 140 cm³/mol. The molecule has 186 valence electrons. The van der Waals surface area contributed by atoms with Crippen molar-refractivity contribution in [2.45, 2.75) is 37.8 Å². The van der Waals surface area contributed by atoms with Crippen LogP contribution in [0.3, 0.4) is 0 Å². The normalized spacial score (nSPS) is 11.8. The average molecular weight is 505 g/mol. The van der Waals surface area contributed by atoms with E-state index in [9.17, 15) is 10.1 Å². The summed E-state index contributed by atoms with van der Waals surface area (Å²) in [6.45, 7) is 6.64. The number of aromatic nitrogens is 3. The molecule has 1 aromatic heterocycles. The van der Waals surface area contributed by atoms with Gasteiger partial charge in [-0.05, 0) is 68.3 Å². The number of hydrogen-bond donors (Lipinski definition) is 0. The monoisotopic (exact) mass is 504 g/mol. The van der Waals surface area contributed by atoms with Gasteiger partial charge in [-0.2, -0.15) is 0 Å². The van der Waals surface area contributed by atoms with Gasteiger partial charge in [-0.15, -0.1) is 10.2 Å². The second-order valence-corrected chi connectivity index (χ2v) is 9.43. The molecule has 0 saturated carbocycles. The van der Waals surface area contributed by atoms with Gasteiger partial charge in [-0.25, -0.2) is 0 Å². The van der Waals surface area contributed by atoms with Crippen molar-refractivity contribution >= 4 is 11.8 Å². The lowest BCUT2D eigenvalue weighted by atomic mass is 10.1. The van der Waals surface area contributed by atoms with Gasteiger partial charge >= 0.3 is 0 Å². The van der Waals surface area contributed by atoms with Gasteiger partial charge in [0, 0.05) is 10.6 Å². The van der Waals surface area contributed by atoms with Gasteiger partial charge in [0.2, 0.25) is 6.54 Å². The number of ether oxygens (including phenoxy) is 2. The van der Waals surface area contributed by atoms with Crippen LogP contribution in [0, 0.1) is 24.0 Å². The van der Waals surface area contributed by atoms with Crippen LogP contribution in [0.2, 0.25) is 0 Å². The van der Waals surface area contributed by atoms with Crippen LogP contribution in [0.4, 0.5) is 0 Å². The molecule has 0 bridgehead atoms. The van der Waals surface area contributed by atoms with E-state index >= 15 is 0 Å². The number of nitro groups is 1. The molecule has 36 heavy (non-hydrogen) atoms. The van der Waals surface area contributed by atoms with Gasteiger partial charge in [0.25, 0.3) is 0 Å². The van der Waals surface area contributed by atoms with Crippen LogP contribution in [0.5, 0.6) is 11.5 Å². The topological polar surface area (TPSA) is 92.3 Å². The third kappa shape index (κ3) is 6.42. The third-order valence-corrected chi connectivity index (χ3v) is 6.72. The van der Waals surface area contributed by atoms with Crippen LogP contribution in [0.15, 0.2) is 78.0 Å². The fraction of sp³-hybridized carbons (Fsp3) is 0.259. The first kappa shape index (κ1) is 25.2. The van der Waals surface area contributed by atoms with E-state index in [1.807, 2.05) is 86.0 Å². The summed E-state index contributed by atoms with van der Waals surface area (Å²) in [6.07, 6.45) is 0. The van der Waals surface area contributed by atoms with Crippen molar-refractivity contribution in [2.75, 3.05) is 13.2 Å². The lowest BCUT2D eigenvalue weighted by Gasteiger charge is -2.15. The quantitative estimate of drug-likeness (QED) is 0.141. The summed E-state index contributed by atoms with van der Waals surface area (Å²) in [4.78, 5) is 11.2. The highest BCUT2D eigenvalue weighted by Gasteiger charge is 2.24. The minimum Gasteiger partial charge on any atom is -0.494 e. The Bertz CT molecular complexity index is 1290. The molecule has 1 atom stereocenters. The highest BCUT2D eigenvalue weighted by Crippen LogP contribution is 2.36. The molecule has 9 heteroatoms. The molecule has 8 nitrogen and oxygen atoms in total. The van der Waals surface area contributed by atoms with Crippen LogP contribution in [0.25, 0.3) is 5.69 Å². The SMILES string of the molecule is CCOc1ccc(-n2c(C)nnc2S[C@@H](C[N+](=O)[O-])c2ccc(OCc3ccc(C)cc3)cc2)cc1. The van der Waals surface area contributed by atoms with E-state index in [1.165, 1.54) is 17.3 Å². The maximum Gasteiger partial charge on any atom is 0.220 e. The van der Waals surface area contributed by atoms with Crippen molar-refractivity contribution < 1.29 is 14.4 Å². The van der Waals surface area contributed by atoms with Crippen LogP contribution in [-0.2, 0) is 6.61 Å². The smallest absolute Gasteiger partial charge is 0.220 e. The maximum atomic E-state index is 11.5. The maximum absolute atomic E-state index is 11.5. The fourth-order valence-corrected chi connectivity index (χ4v) is 4.85. The van der Waals surface area contributed by atoms with Gasteiger partial charge < -0.3 is 9.47 Å². The second-order valence-electron chi connectivity index (χ2n) is 8.26. The Kier molecular flexibility index (Phi) is 8.22. The summed E-state index contributed by atoms with van der Waals surface area (Å²) < 4.78 is 13.3. The number of aryl methyl sites for hydroxylation is 2. The number of benzene rings is 3. The molecule has 0 aliphatic rings. The van der Waals surface area contributed by atoms with Gasteiger partial charge in [0.05, 0.1) is 6.61 Å². The number of rotatable bonds is 11. The van der Waals surface area contributed by atoms with Gasteiger partial charge in [-0.3, -0.25) is 14.7 Å². The zero-order valence-electron chi connectivity index (χ0n) is 20.5. The van der Waals surface area contributed by atoms with Crippen molar-refractivity contribution in [3.05, 3.63) is 105 Å². The molecular formula is C27H28N4O4S. The molecule has 4 aromatic rings. The summed E-state index contributed by atoms with van der Waals surface area (Å²) in [5, 5.41) is 20.2. The van der Waals surface area contributed by atoms with Gasteiger partial charge in [-0.1, -0.05) is 53.7 Å². The van der Waals surface area contributed by atoms with E-state index in [1.54, 1.807) is 0 Å². The van der Waals surface area contributed by atoms with Crippen LogP contribution < -0.4 is 9.47 Å². The number of nitrogens with zero attached hydrogens (tertiary/aromatic N) is 4. The lowest BCUT2D eigenvalue weighted by molar-refractivity contribution is -0.479. The Balaban J connectivity index is 1.51. The van der Waals surface area contributed by atoms with Crippen LogP contribution in [0.1, 0.15) is 34.7 Å². The van der Waals surface area contributed by atoms with E-state index in [-0.39, 0.29) is 11.5 Å². The molecule has 0 N–H and O–H groups in total. The average Bonchev–Trinajstić information content (AvgIpc) is 3.24. The Morgan fingerprint density at radius 3 is 2.19 bits per heavy atom. The predicted octanol–water partition coefficient (Wildman–Crippen LogP) is 5.97. The van der Waals surface area contributed by atoms with Gasteiger partial charge in [0.15, 0.2) is 5.16 Å². The third-order valence-electron chi connectivity index (χ3n) is 5.54. The molecule has 0 amide bonds. The molecule has 1 heterocycles. The molecule has 0 fully saturated rings. The standard InChI is InChI=1S/C27H28N4O4S/c1-4-34-24-15-11-23(12-16-24)31-20(3)28-29-27(31)36-26(17-30(32)33)22-9-13-25(14-10-22)35-18-21-7-5-19(2)6-8-21/h5-16,26H,4,17-18H2,1-3H3/t26-/m0/s1. The van der Waals surface area contributed by atoms with E-state index < -0.39 is 5.25 Å². The summed E-state index contributed by atoms with van der Waals surface area (Å²) in [5.74, 6) is 2.18. The number of hydrogen-bond acceptors (Lipinski definition) is 7. The summed E-state index contributed by atoms with van der Waals surface area (Å²) in [7, 11) is 0. The minimum absolute atomic E-state index is 0.247. The largest absolute Gasteiger partial charge is 0.494 e. The molecule has 0 aliphatic heterocycles. The Hall–Kier alpha value is -3.85. The lowest BCUT2D eigenvalue weighted by Crippen LogP contribution is -2.11. The first-order chi connectivity index (χ1) is 17.4. The van der Waals surface area contributed by atoms with Crippen LogP contribution in [-0.4, -0.2) is 32.8 Å². The number of thioether (sulfide) groups is 1. The zero-order valence-corrected chi connectivity index (χ0v) is 21.3. The van der Waals surface area contributed by atoms with Crippen molar-refractivity contribution in [3.63, 3.8) is 0 Å². The van der Waals surface area contributed by atoms with E-state index in [0.29, 0.717) is 29.9 Å². The first-order valence-electron chi connectivity index (χ1n) is 11.6. The van der Waals surface area contributed by atoms with Crippen molar-refractivity contribution in [1.82, 2.24) is 14.8 Å². The fourth-order valence-electron chi connectivity index (χ4n) is 3.68. The highest BCUT2D eigenvalue weighted by molar-refractivity contribution is 7.99. The van der Waals surface area contributed by atoms with Crippen molar-refractivity contribution in [1.29, 1.82) is 0 Å². The Labute approximate surface area is 214 Å². The Morgan fingerprint density at radius 1 is 0.917 bits per heavy atom. The first-order valence-corrected chi connectivity index (χ1v) is 12.5. The summed E-state index contributed by atoms with van der Waals surface area (Å²) in [5.41, 5.74) is 3.96.